The Morgan fingerprint density at radius 1 is 1.12 bits per heavy atom. The number of aromatic nitrogens is 1. The van der Waals surface area contributed by atoms with Crippen LogP contribution in [0.3, 0.4) is 0 Å². The average Bonchev–Trinajstić information content (AvgIpc) is 3.32. The molecule has 2 unspecified atom stereocenters. The van der Waals surface area contributed by atoms with Gasteiger partial charge in [0.1, 0.15) is 23.7 Å². The number of aryl methyl sites for hydroxylation is 1. The molecule has 0 aliphatic rings. The van der Waals surface area contributed by atoms with E-state index in [1.807, 2.05) is 37.3 Å². The van der Waals surface area contributed by atoms with Gasteiger partial charge >= 0.3 is 5.97 Å². The number of unbranched alkanes of at least 4 members (excludes halogenated alkanes) is 2. The van der Waals surface area contributed by atoms with Gasteiger partial charge in [-0.1, -0.05) is 33.1 Å². The zero-order valence-electron chi connectivity index (χ0n) is 25.2. The third kappa shape index (κ3) is 8.34. The number of nitrogens with zero attached hydrogens (tertiary/aromatic N) is 2. The number of halogens is 1. The van der Waals surface area contributed by atoms with Crippen LogP contribution >= 0.6 is 0 Å². The number of furan rings is 1. The van der Waals surface area contributed by atoms with E-state index in [0.717, 1.165) is 53.7 Å². The SMILES string of the molecule is CCCCCC(C)C(Nc1ccc(C(=O)N(C)CCC(=O)O)cc1)c1oc2ccc(OCc3ccnc(F)c3)cc2c1C. The Bertz CT molecular complexity index is 1540. The van der Waals surface area contributed by atoms with Crippen LogP contribution in [-0.2, 0) is 11.4 Å². The maximum atomic E-state index is 13.5. The van der Waals surface area contributed by atoms with Crippen LogP contribution in [0.4, 0.5) is 10.1 Å². The van der Waals surface area contributed by atoms with Crippen LogP contribution in [0.5, 0.6) is 5.75 Å². The topological polar surface area (TPSA) is 105 Å². The van der Waals surface area contributed by atoms with Crippen LogP contribution < -0.4 is 10.1 Å². The predicted molar refractivity (Wildman–Crippen MR) is 165 cm³/mol. The van der Waals surface area contributed by atoms with E-state index in [-0.39, 0.29) is 37.4 Å². The second kappa shape index (κ2) is 14.7. The van der Waals surface area contributed by atoms with E-state index in [0.29, 0.717) is 16.9 Å². The highest BCUT2D eigenvalue weighted by atomic mass is 19.1. The van der Waals surface area contributed by atoms with Crippen molar-refractivity contribution in [3.8, 4) is 5.75 Å². The van der Waals surface area contributed by atoms with Crippen LogP contribution in [-0.4, -0.2) is 40.5 Å². The molecule has 4 rings (SSSR count). The van der Waals surface area contributed by atoms with Gasteiger partial charge in [0.25, 0.3) is 5.91 Å². The lowest BCUT2D eigenvalue weighted by atomic mass is 9.91. The number of aliphatic carboxylic acids is 1. The van der Waals surface area contributed by atoms with Gasteiger partial charge in [0.05, 0.1) is 12.5 Å². The van der Waals surface area contributed by atoms with Gasteiger partial charge in [-0.3, -0.25) is 9.59 Å². The van der Waals surface area contributed by atoms with Gasteiger partial charge in [-0.25, -0.2) is 4.98 Å². The number of rotatable bonds is 15. The number of benzene rings is 2. The molecule has 0 spiro atoms. The van der Waals surface area contributed by atoms with Crippen molar-refractivity contribution in [2.75, 3.05) is 18.9 Å². The molecule has 8 nitrogen and oxygen atoms in total. The first-order valence-corrected chi connectivity index (χ1v) is 14.8. The third-order valence-corrected chi connectivity index (χ3v) is 7.72. The second-order valence-corrected chi connectivity index (χ2v) is 11.1. The van der Waals surface area contributed by atoms with Gasteiger partial charge in [-0.15, -0.1) is 0 Å². The van der Waals surface area contributed by atoms with Crippen LogP contribution in [0.2, 0.25) is 0 Å². The summed E-state index contributed by atoms with van der Waals surface area (Å²) in [7, 11) is 1.60. The van der Waals surface area contributed by atoms with Crippen molar-refractivity contribution in [1.29, 1.82) is 0 Å². The summed E-state index contributed by atoms with van der Waals surface area (Å²) in [6, 6.07) is 15.9. The number of carboxylic acids is 1. The minimum Gasteiger partial charge on any atom is -0.489 e. The standard InChI is InChI=1S/C34H40FN3O5/c1-5-6-7-8-22(2)32(37-26-11-9-25(10-12-26)34(41)38(4)18-16-31(39)40)33-23(3)28-20-27(13-14-29(28)43-33)42-21-24-15-17-36-30(35)19-24/h9-15,17,19-20,22,32,37H,5-8,16,18,21H2,1-4H3,(H,39,40). The highest BCUT2D eigenvalue weighted by Crippen LogP contribution is 2.38. The summed E-state index contributed by atoms with van der Waals surface area (Å²) in [5.41, 5.74) is 3.82. The molecule has 2 aromatic heterocycles. The summed E-state index contributed by atoms with van der Waals surface area (Å²) in [4.78, 5) is 28.6. The number of pyridine rings is 1. The fourth-order valence-corrected chi connectivity index (χ4v) is 5.13. The number of nitrogens with one attached hydrogen (secondary N) is 1. The molecule has 0 fully saturated rings. The monoisotopic (exact) mass is 589 g/mol. The summed E-state index contributed by atoms with van der Waals surface area (Å²) in [6.45, 7) is 6.83. The Balaban J connectivity index is 1.55. The molecule has 0 radical (unpaired) electrons. The largest absolute Gasteiger partial charge is 0.489 e. The summed E-state index contributed by atoms with van der Waals surface area (Å²) in [5, 5.41) is 13.5. The molecule has 43 heavy (non-hydrogen) atoms. The molecular weight excluding hydrogens is 549 g/mol. The Morgan fingerprint density at radius 3 is 2.58 bits per heavy atom. The van der Waals surface area contributed by atoms with E-state index in [9.17, 15) is 14.0 Å². The van der Waals surface area contributed by atoms with E-state index in [2.05, 4.69) is 24.1 Å². The molecule has 1 amide bonds. The van der Waals surface area contributed by atoms with Crippen molar-refractivity contribution in [1.82, 2.24) is 9.88 Å². The number of anilines is 1. The van der Waals surface area contributed by atoms with E-state index < -0.39 is 11.9 Å². The fraction of sp³-hybridized carbons (Fsp3) is 0.382. The number of hydrogen-bond donors (Lipinski definition) is 2. The van der Waals surface area contributed by atoms with Crippen molar-refractivity contribution in [2.45, 2.75) is 65.5 Å². The first-order chi connectivity index (χ1) is 20.7. The molecule has 228 valence electrons. The van der Waals surface area contributed by atoms with Crippen LogP contribution in [0, 0.1) is 18.8 Å². The number of carboxylic acid groups (broad SMARTS) is 1. The average molecular weight is 590 g/mol. The maximum absolute atomic E-state index is 13.5. The molecule has 0 saturated carbocycles. The maximum Gasteiger partial charge on any atom is 0.305 e. The Labute approximate surface area is 251 Å². The minimum atomic E-state index is -0.940. The highest BCUT2D eigenvalue weighted by Gasteiger charge is 2.26. The quantitative estimate of drug-likeness (QED) is 0.108. The molecule has 9 heteroatoms. The molecule has 0 bridgehead atoms. The summed E-state index contributed by atoms with van der Waals surface area (Å²) in [6.07, 6.45) is 5.74. The lowest BCUT2D eigenvalue weighted by molar-refractivity contribution is -0.137. The van der Waals surface area contributed by atoms with Crippen molar-refractivity contribution in [3.05, 3.63) is 89.2 Å². The van der Waals surface area contributed by atoms with Crippen molar-refractivity contribution < 1.29 is 28.2 Å². The van der Waals surface area contributed by atoms with Gasteiger partial charge in [0.2, 0.25) is 5.95 Å². The summed E-state index contributed by atoms with van der Waals surface area (Å²) in [5.74, 6) is 0.0617. The molecule has 2 N–H and O–H groups in total. The molecule has 2 aromatic carbocycles. The highest BCUT2D eigenvalue weighted by molar-refractivity contribution is 5.94. The molecule has 2 heterocycles. The first kappa shape index (κ1) is 31.5. The van der Waals surface area contributed by atoms with Crippen LogP contribution in [0.25, 0.3) is 11.0 Å². The van der Waals surface area contributed by atoms with Crippen LogP contribution in [0.15, 0.2) is 65.2 Å². The van der Waals surface area contributed by atoms with Crippen molar-refractivity contribution >= 4 is 28.5 Å². The van der Waals surface area contributed by atoms with E-state index in [4.69, 9.17) is 14.3 Å². The Morgan fingerprint density at radius 2 is 1.88 bits per heavy atom. The van der Waals surface area contributed by atoms with Crippen molar-refractivity contribution in [2.24, 2.45) is 5.92 Å². The first-order valence-electron chi connectivity index (χ1n) is 14.8. The third-order valence-electron chi connectivity index (χ3n) is 7.72. The normalized spacial score (nSPS) is 12.6. The Kier molecular flexibility index (Phi) is 10.8. The molecule has 4 aromatic rings. The number of fused-ring (bicyclic) bond motifs is 1. The molecular formula is C34H40FN3O5. The summed E-state index contributed by atoms with van der Waals surface area (Å²) >= 11 is 0. The predicted octanol–water partition coefficient (Wildman–Crippen LogP) is 7.77. The smallest absolute Gasteiger partial charge is 0.305 e. The zero-order valence-corrected chi connectivity index (χ0v) is 25.2. The van der Waals surface area contributed by atoms with Crippen LogP contribution in [0.1, 0.15) is 79.2 Å². The number of hydrogen-bond acceptors (Lipinski definition) is 6. The van der Waals surface area contributed by atoms with E-state index in [1.54, 1.807) is 25.2 Å². The van der Waals surface area contributed by atoms with Gasteiger partial charge in [-0.05, 0) is 79.4 Å². The fourth-order valence-electron chi connectivity index (χ4n) is 5.13. The number of carbonyl (C=O) groups excluding carboxylic acids is 1. The second-order valence-electron chi connectivity index (χ2n) is 11.1. The zero-order chi connectivity index (χ0) is 30.9. The number of amides is 1. The van der Waals surface area contributed by atoms with Gasteiger partial charge in [0, 0.05) is 42.0 Å². The van der Waals surface area contributed by atoms with E-state index in [1.165, 1.54) is 17.2 Å². The lowest BCUT2D eigenvalue weighted by Gasteiger charge is -2.25. The van der Waals surface area contributed by atoms with Gasteiger partial charge in [0.15, 0.2) is 0 Å². The molecule has 0 aliphatic carbocycles. The lowest BCUT2D eigenvalue weighted by Crippen LogP contribution is -2.29. The van der Waals surface area contributed by atoms with Crippen molar-refractivity contribution in [3.63, 3.8) is 0 Å². The number of ether oxygens (including phenoxy) is 1. The van der Waals surface area contributed by atoms with Gasteiger partial charge < -0.3 is 24.5 Å². The molecule has 0 saturated heterocycles. The minimum absolute atomic E-state index is 0.103. The Hall–Kier alpha value is -4.40. The summed E-state index contributed by atoms with van der Waals surface area (Å²) < 4.78 is 25.9. The van der Waals surface area contributed by atoms with E-state index >= 15 is 0 Å². The molecule has 2 atom stereocenters. The molecule has 0 aliphatic heterocycles. The number of carbonyl (C=O) groups is 2. The van der Waals surface area contributed by atoms with Gasteiger partial charge in [-0.2, -0.15) is 4.39 Å².